The molecule has 0 radical (unpaired) electrons. The summed E-state index contributed by atoms with van der Waals surface area (Å²) >= 11 is 1.53. The van der Waals surface area contributed by atoms with Crippen molar-refractivity contribution in [1.82, 2.24) is 5.32 Å². The average Bonchev–Trinajstić information content (AvgIpc) is 3.16. The Hall–Kier alpha value is -2.73. The molecule has 1 heterocycles. The van der Waals surface area contributed by atoms with Crippen molar-refractivity contribution in [3.05, 3.63) is 64.8 Å². The molecule has 2 N–H and O–H groups in total. The Morgan fingerprint density at radius 3 is 2.38 bits per heavy atom. The molecule has 1 aliphatic rings. The molecule has 4 rings (SSSR count). The fourth-order valence-corrected chi connectivity index (χ4v) is 4.82. The first kappa shape index (κ1) is 19.6. The number of rotatable bonds is 5. The summed E-state index contributed by atoms with van der Waals surface area (Å²) in [4.78, 5) is 24.8. The summed E-state index contributed by atoms with van der Waals surface area (Å²) in [7, 11) is 0. The smallest absolute Gasteiger partial charge is 0.251 e. The molecule has 0 aliphatic heterocycles. The molecule has 3 aromatic rings. The third-order valence-electron chi connectivity index (χ3n) is 5.44. The molecule has 0 saturated heterocycles. The summed E-state index contributed by atoms with van der Waals surface area (Å²) in [5, 5.41) is 7.78. The number of anilines is 1. The average molecular weight is 411 g/mol. The predicted molar refractivity (Wildman–Crippen MR) is 115 cm³/mol. The van der Waals surface area contributed by atoms with E-state index in [4.69, 9.17) is 0 Å². The number of hydrogen-bond acceptors (Lipinski definition) is 4. The lowest BCUT2D eigenvalue weighted by atomic mass is 9.90. The second-order valence-corrected chi connectivity index (χ2v) is 8.64. The maximum Gasteiger partial charge on any atom is 0.251 e. The van der Waals surface area contributed by atoms with Crippen LogP contribution in [-0.2, 0) is 0 Å². The molecule has 0 spiro atoms. The van der Waals surface area contributed by atoms with E-state index >= 15 is 0 Å². The molecule has 0 unspecified atom stereocenters. The van der Waals surface area contributed by atoms with Crippen molar-refractivity contribution in [2.75, 3.05) is 5.32 Å². The number of amides is 1. The van der Waals surface area contributed by atoms with Crippen molar-refractivity contribution in [1.29, 1.82) is 0 Å². The molecule has 1 aliphatic carbocycles. The number of thiophene rings is 1. The van der Waals surface area contributed by atoms with Crippen molar-refractivity contribution in [3.8, 4) is 0 Å². The zero-order valence-electron chi connectivity index (χ0n) is 16.2. The van der Waals surface area contributed by atoms with Gasteiger partial charge in [-0.1, -0.05) is 6.07 Å². The molecule has 2 aromatic carbocycles. The molecular weight excluding hydrogens is 387 g/mol. The van der Waals surface area contributed by atoms with Crippen LogP contribution in [0.1, 0.15) is 52.6 Å². The lowest BCUT2D eigenvalue weighted by molar-refractivity contribution is 0.0926. The molecular formula is C23H23FN2O2S. The van der Waals surface area contributed by atoms with Gasteiger partial charge in [0.2, 0.25) is 0 Å². The summed E-state index contributed by atoms with van der Waals surface area (Å²) in [6.45, 7) is 1.60. The van der Waals surface area contributed by atoms with Crippen LogP contribution in [0.15, 0.2) is 48.5 Å². The number of Topliss-reactive ketones (excluding diaryl/α,β-unsaturated/α-hetero) is 1. The van der Waals surface area contributed by atoms with Crippen LogP contribution < -0.4 is 10.6 Å². The van der Waals surface area contributed by atoms with Crippen LogP contribution in [0.25, 0.3) is 10.1 Å². The van der Waals surface area contributed by atoms with Gasteiger partial charge in [0.25, 0.3) is 5.91 Å². The number of hydrogen-bond donors (Lipinski definition) is 2. The fraction of sp³-hybridized carbons (Fsp3) is 0.304. The number of benzene rings is 2. The second-order valence-electron chi connectivity index (χ2n) is 7.56. The molecule has 0 atom stereocenters. The molecule has 1 fully saturated rings. The fourth-order valence-electron chi connectivity index (χ4n) is 3.83. The maximum absolute atomic E-state index is 13.0. The number of carbonyl (C=O) groups is 2. The van der Waals surface area contributed by atoms with Gasteiger partial charge in [0, 0.05) is 33.4 Å². The SMILES string of the molecule is CC(=O)c1cc2c(N[C@H]3CC[C@@H](NC(=O)c4ccc(F)cc4)CC3)cccc2s1. The van der Waals surface area contributed by atoms with E-state index in [9.17, 15) is 14.0 Å². The monoisotopic (exact) mass is 410 g/mol. The summed E-state index contributed by atoms with van der Waals surface area (Å²) in [5.74, 6) is -0.403. The van der Waals surface area contributed by atoms with Gasteiger partial charge in [0.05, 0.1) is 4.88 Å². The third kappa shape index (κ3) is 4.48. The molecule has 0 bridgehead atoms. The minimum absolute atomic E-state index is 0.0922. The second kappa shape index (κ2) is 8.33. The van der Waals surface area contributed by atoms with Crippen molar-refractivity contribution >= 4 is 38.8 Å². The minimum atomic E-state index is -0.343. The van der Waals surface area contributed by atoms with E-state index in [1.54, 1.807) is 6.92 Å². The molecule has 29 heavy (non-hydrogen) atoms. The zero-order chi connectivity index (χ0) is 20.4. The van der Waals surface area contributed by atoms with Crippen molar-refractivity contribution < 1.29 is 14.0 Å². The Kier molecular flexibility index (Phi) is 5.62. The lowest BCUT2D eigenvalue weighted by Crippen LogP contribution is -2.40. The summed E-state index contributed by atoms with van der Waals surface area (Å²) < 4.78 is 14.1. The van der Waals surface area contributed by atoms with Gasteiger partial charge in [0.15, 0.2) is 5.78 Å². The van der Waals surface area contributed by atoms with Crippen LogP contribution in [0, 0.1) is 5.82 Å². The van der Waals surface area contributed by atoms with Gasteiger partial charge < -0.3 is 10.6 Å². The Balaban J connectivity index is 1.35. The Bertz CT molecular complexity index is 1040. The van der Waals surface area contributed by atoms with Crippen LogP contribution in [-0.4, -0.2) is 23.8 Å². The highest BCUT2D eigenvalue weighted by atomic mass is 32.1. The van der Waals surface area contributed by atoms with E-state index in [1.807, 2.05) is 18.2 Å². The summed E-state index contributed by atoms with van der Waals surface area (Å²) in [6.07, 6.45) is 3.69. The summed E-state index contributed by atoms with van der Waals surface area (Å²) in [6, 6.07) is 14.2. The van der Waals surface area contributed by atoms with E-state index < -0.39 is 0 Å². The molecule has 4 nitrogen and oxygen atoms in total. The molecule has 6 heteroatoms. The van der Waals surface area contributed by atoms with Gasteiger partial charge in [-0.3, -0.25) is 9.59 Å². The predicted octanol–water partition coefficient (Wildman–Crippen LogP) is 5.40. The van der Waals surface area contributed by atoms with Gasteiger partial charge in [-0.05, 0) is 75.1 Å². The quantitative estimate of drug-likeness (QED) is 0.554. The van der Waals surface area contributed by atoms with Gasteiger partial charge in [-0.2, -0.15) is 0 Å². The van der Waals surface area contributed by atoms with Gasteiger partial charge >= 0.3 is 0 Å². The van der Waals surface area contributed by atoms with E-state index in [0.29, 0.717) is 11.6 Å². The summed E-state index contributed by atoms with van der Waals surface area (Å²) in [5.41, 5.74) is 1.54. The molecule has 1 saturated carbocycles. The highest BCUT2D eigenvalue weighted by molar-refractivity contribution is 7.20. The van der Waals surface area contributed by atoms with Gasteiger partial charge in [-0.15, -0.1) is 11.3 Å². The standard InChI is InChI=1S/C23H23FN2O2S/c1-14(27)22-13-19-20(3-2-4-21(19)29-22)25-17-9-11-18(12-10-17)26-23(28)15-5-7-16(24)8-6-15/h2-8,13,17-18,25H,9-12H2,1H3,(H,26,28)/t17-,18+. The van der Waals surface area contributed by atoms with E-state index in [1.165, 1.54) is 35.6 Å². The first-order valence-electron chi connectivity index (χ1n) is 9.86. The van der Waals surface area contributed by atoms with Crippen LogP contribution >= 0.6 is 11.3 Å². The molecule has 1 amide bonds. The topological polar surface area (TPSA) is 58.2 Å². The van der Waals surface area contributed by atoms with Crippen molar-refractivity contribution in [2.24, 2.45) is 0 Å². The Labute approximate surface area is 173 Å². The van der Waals surface area contributed by atoms with E-state index in [2.05, 4.69) is 16.7 Å². The Morgan fingerprint density at radius 2 is 1.69 bits per heavy atom. The minimum Gasteiger partial charge on any atom is -0.382 e. The van der Waals surface area contributed by atoms with Crippen molar-refractivity contribution in [2.45, 2.75) is 44.7 Å². The number of fused-ring (bicyclic) bond motifs is 1. The third-order valence-corrected chi connectivity index (χ3v) is 6.64. The van der Waals surface area contributed by atoms with Crippen LogP contribution in [0.2, 0.25) is 0 Å². The van der Waals surface area contributed by atoms with E-state index in [-0.39, 0.29) is 23.5 Å². The van der Waals surface area contributed by atoms with E-state index in [0.717, 1.165) is 46.3 Å². The number of halogens is 1. The number of ketones is 1. The van der Waals surface area contributed by atoms with Crippen molar-refractivity contribution in [3.63, 3.8) is 0 Å². The lowest BCUT2D eigenvalue weighted by Gasteiger charge is -2.30. The van der Waals surface area contributed by atoms with Gasteiger partial charge in [0.1, 0.15) is 5.82 Å². The first-order valence-corrected chi connectivity index (χ1v) is 10.7. The normalized spacial score (nSPS) is 19.1. The zero-order valence-corrected chi connectivity index (χ0v) is 17.0. The number of carbonyl (C=O) groups excluding carboxylic acids is 2. The molecule has 1 aromatic heterocycles. The first-order chi connectivity index (χ1) is 14.0. The highest BCUT2D eigenvalue weighted by Crippen LogP contribution is 2.33. The van der Waals surface area contributed by atoms with Gasteiger partial charge in [-0.25, -0.2) is 4.39 Å². The maximum atomic E-state index is 13.0. The highest BCUT2D eigenvalue weighted by Gasteiger charge is 2.23. The largest absolute Gasteiger partial charge is 0.382 e. The van der Waals surface area contributed by atoms with Crippen LogP contribution in [0.3, 0.4) is 0 Å². The molecule has 150 valence electrons. The number of nitrogens with one attached hydrogen (secondary N) is 2. The van der Waals surface area contributed by atoms with Crippen LogP contribution in [0.5, 0.6) is 0 Å². The van der Waals surface area contributed by atoms with Crippen LogP contribution in [0.4, 0.5) is 10.1 Å². The Morgan fingerprint density at radius 1 is 1.00 bits per heavy atom.